The van der Waals surface area contributed by atoms with Crippen molar-refractivity contribution in [2.75, 3.05) is 42.6 Å². The van der Waals surface area contributed by atoms with Gasteiger partial charge in [-0.1, -0.05) is 0 Å². The number of fused-ring (bicyclic) bond motifs is 2. The van der Waals surface area contributed by atoms with Gasteiger partial charge in [-0.2, -0.15) is 5.10 Å². The molecule has 0 bridgehead atoms. The maximum Gasteiger partial charge on any atom is 0.264 e. The summed E-state index contributed by atoms with van der Waals surface area (Å²) in [4.78, 5) is 22.2. The maximum absolute atomic E-state index is 14.4. The molecule has 4 aromatic rings. The number of hydrogen-bond acceptors (Lipinski definition) is 6. The lowest BCUT2D eigenvalue weighted by Crippen LogP contribution is -2.37. The fraction of sp³-hybridized carbons (Fsp3) is 0.393. The number of rotatable bonds is 4. The average molecular weight is 521 g/mol. The van der Waals surface area contributed by atoms with Gasteiger partial charge in [0.1, 0.15) is 11.6 Å². The molecule has 1 aromatic carbocycles. The van der Waals surface area contributed by atoms with Crippen LogP contribution in [0, 0.1) is 6.92 Å². The second-order valence-corrected chi connectivity index (χ2v) is 10.1. The lowest BCUT2D eigenvalue weighted by molar-refractivity contribution is 0.122. The molecule has 1 saturated heterocycles. The van der Waals surface area contributed by atoms with Crippen LogP contribution in [0.1, 0.15) is 29.5 Å². The summed E-state index contributed by atoms with van der Waals surface area (Å²) in [6, 6.07) is 7.32. The molecule has 10 heteroatoms. The smallest absolute Gasteiger partial charge is 0.264 e. The van der Waals surface area contributed by atoms with Gasteiger partial charge in [0, 0.05) is 73.8 Å². The van der Waals surface area contributed by atoms with E-state index in [0.29, 0.717) is 55.4 Å². The molecule has 5 heterocycles. The van der Waals surface area contributed by atoms with Gasteiger partial charge in [0.2, 0.25) is 0 Å². The molecule has 0 spiro atoms. The summed E-state index contributed by atoms with van der Waals surface area (Å²) in [5.74, 6) is 1.43. The summed E-state index contributed by atoms with van der Waals surface area (Å²) in [6.07, 6.45) is 2.37. The monoisotopic (exact) mass is 520 g/mol. The number of morpholine rings is 1. The van der Waals surface area contributed by atoms with Crippen molar-refractivity contribution in [2.24, 2.45) is 14.1 Å². The van der Waals surface area contributed by atoms with Crippen LogP contribution in [-0.4, -0.2) is 52.2 Å². The molecule has 198 valence electrons. The highest BCUT2D eigenvalue weighted by molar-refractivity contribution is 5.95. The molecule has 0 atom stereocenters. The topological polar surface area (TPSA) is 68.4 Å². The molecule has 0 aliphatic carbocycles. The van der Waals surface area contributed by atoms with E-state index in [0.717, 1.165) is 40.8 Å². The number of hydrogen-bond donors (Lipinski definition) is 0. The van der Waals surface area contributed by atoms with Crippen LogP contribution in [-0.2, 0) is 25.3 Å². The average Bonchev–Trinajstić information content (AvgIpc) is 3.37. The zero-order chi connectivity index (χ0) is 26.6. The molecule has 2 aliphatic heterocycles. The SMILES string of the molecule is Cc1cc2c(N3CCCc4cc(-c5cnn(C)c5)c(C(F)F)cc43)nc(N3CCOCC3)cc2n(C)c1=O. The van der Waals surface area contributed by atoms with Gasteiger partial charge in [-0.3, -0.25) is 9.48 Å². The molecule has 0 unspecified atom stereocenters. The fourth-order valence-corrected chi connectivity index (χ4v) is 5.60. The van der Waals surface area contributed by atoms with Gasteiger partial charge in [0.25, 0.3) is 12.0 Å². The van der Waals surface area contributed by atoms with Crippen molar-refractivity contribution in [3.63, 3.8) is 0 Å². The first-order valence-corrected chi connectivity index (χ1v) is 12.9. The van der Waals surface area contributed by atoms with Crippen LogP contribution in [0.4, 0.5) is 26.1 Å². The van der Waals surface area contributed by atoms with Gasteiger partial charge in [-0.15, -0.1) is 0 Å². The Morgan fingerprint density at radius 3 is 2.55 bits per heavy atom. The van der Waals surface area contributed by atoms with E-state index in [9.17, 15) is 13.6 Å². The Morgan fingerprint density at radius 2 is 1.84 bits per heavy atom. The van der Waals surface area contributed by atoms with E-state index in [1.54, 1.807) is 48.7 Å². The molecule has 0 amide bonds. The van der Waals surface area contributed by atoms with E-state index in [1.165, 1.54) is 0 Å². The summed E-state index contributed by atoms with van der Waals surface area (Å²) in [7, 11) is 3.54. The van der Waals surface area contributed by atoms with Crippen LogP contribution in [0.5, 0.6) is 0 Å². The van der Waals surface area contributed by atoms with Crippen molar-refractivity contribution in [1.29, 1.82) is 0 Å². The Kier molecular flexibility index (Phi) is 6.14. The van der Waals surface area contributed by atoms with Gasteiger partial charge in [-0.25, -0.2) is 13.8 Å². The van der Waals surface area contributed by atoms with Crippen LogP contribution in [0.15, 0.2) is 41.5 Å². The van der Waals surface area contributed by atoms with E-state index in [-0.39, 0.29) is 11.1 Å². The largest absolute Gasteiger partial charge is 0.378 e. The Morgan fingerprint density at radius 1 is 1.05 bits per heavy atom. The lowest BCUT2D eigenvalue weighted by Gasteiger charge is -2.34. The highest BCUT2D eigenvalue weighted by Crippen LogP contribution is 2.43. The number of pyridine rings is 2. The highest BCUT2D eigenvalue weighted by atomic mass is 19.3. The molecular weight excluding hydrogens is 490 g/mol. The minimum absolute atomic E-state index is 0.0270. The number of benzene rings is 1. The third-order valence-electron chi connectivity index (χ3n) is 7.58. The number of aromatic nitrogens is 4. The van der Waals surface area contributed by atoms with Crippen molar-refractivity contribution >= 4 is 28.2 Å². The first-order valence-electron chi connectivity index (χ1n) is 12.9. The van der Waals surface area contributed by atoms with E-state index in [1.807, 2.05) is 23.1 Å². The van der Waals surface area contributed by atoms with Crippen molar-refractivity contribution in [3.8, 4) is 11.1 Å². The zero-order valence-corrected chi connectivity index (χ0v) is 21.7. The van der Waals surface area contributed by atoms with Gasteiger partial charge >= 0.3 is 0 Å². The molecule has 1 fully saturated rings. The fourth-order valence-electron chi connectivity index (χ4n) is 5.60. The summed E-state index contributed by atoms with van der Waals surface area (Å²) in [5, 5.41) is 5.01. The molecule has 0 N–H and O–H groups in total. The standard InChI is InChI=1S/C28H30F2N6O2/c1-17-11-22-24(34(3)28(17)37)14-25(35-7-9-38-10-8-35)32-27(22)36-6-4-5-18-12-20(19-15-31-33(2)16-19)21(26(29)30)13-23(18)36/h11-16,26H,4-10H2,1-3H3. The zero-order valence-electron chi connectivity index (χ0n) is 21.7. The Labute approximate surface area is 219 Å². The number of nitrogens with zero attached hydrogens (tertiary/aromatic N) is 6. The second-order valence-electron chi connectivity index (χ2n) is 10.1. The minimum Gasteiger partial charge on any atom is -0.378 e. The molecular formula is C28H30F2N6O2. The highest BCUT2D eigenvalue weighted by Gasteiger charge is 2.28. The molecule has 2 aliphatic rings. The first kappa shape index (κ1) is 24.5. The van der Waals surface area contributed by atoms with Crippen molar-refractivity contribution in [1.82, 2.24) is 19.3 Å². The van der Waals surface area contributed by atoms with Crippen LogP contribution in [0.3, 0.4) is 0 Å². The Hall–Kier alpha value is -3.79. The molecule has 0 saturated carbocycles. The van der Waals surface area contributed by atoms with Gasteiger partial charge in [0.15, 0.2) is 0 Å². The van der Waals surface area contributed by atoms with Gasteiger partial charge in [0.05, 0.1) is 24.9 Å². The number of aryl methyl sites for hydroxylation is 4. The summed E-state index contributed by atoms with van der Waals surface area (Å²) < 4.78 is 37.6. The van der Waals surface area contributed by atoms with E-state index in [2.05, 4.69) is 10.00 Å². The lowest BCUT2D eigenvalue weighted by atomic mass is 9.93. The molecule has 38 heavy (non-hydrogen) atoms. The third-order valence-corrected chi connectivity index (χ3v) is 7.58. The van der Waals surface area contributed by atoms with Crippen molar-refractivity contribution < 1.29 is 13.5 Å². The summed E-state index contributed by atoms with van der Waals surface area (Å²) in [6.45, 7) is 5.02. The number of ether oxygens (including phenoxy) is 1. The number of halogens is 2. The number of anilines is 3. The van der Waals surface area contributed by atoms with E-state index in [4.69, 9.17) is 9.72 Å². The van der Waals surface area contributed by atoms with E-state index < -0.39 is 6.43 Å². The normalized spacial score (nSPS) is 15.9. The van der Waals surface area contributed by atoms with Crippen LogP contribution in [0.25, 0.3) is 22.0 Å². The maximum atomic E-state index is 14.4. The first-order chi connectivity index (χ1) is 18.3. The predicted molar refractivity (Wildman–Crippen MR) is 144 cm³/mol. The van der Waals surface area contributed by atoms with Crippen LogP contribution >= 0.6 is 0 Å². The molecule has 6 rings (SSSR count). The van der Waals surface area contributed by atoms with E-state index >= 15 is 0 Å². The van der Waals surface area contributed by atoms with Crippen molar-refractivity contribution in [3.05, 3.63) is 63.7 Å². The Bertz CT molecular complexity index is 1590. The molecule has 8 nitrogen and oxygen atoms in total. The second kappa shape index (κ2) is 9.50. The van der Waals surface area contributed by atoms with Gasteiger partial charge < -0.3 is 19.1 Å². The van der Waals surface area contributed by atoms with Crippen LogP contribution in [0.2, 0.25) is 0 Å². The minimum atomic E-state index is -2.65. The van der Waals surface area contributed by atoms with Gasteiger partial charge in [-0.05, 0) is 49.1 Å². The van der Waals surface area contributed by atoms with Crippen molar-refractivity contribution in [2.45, 2.75) is 26.2 Å². The quantitative estimate of drug-likeness (QED) is 0.395. The third kappa shape index (κ3) is 4.13. The molecule has 3 aromatic heterocycles. The predicted octanol–water partition coefficient (Wildman–Crippen LogP) is 4.50. The molecule has 0 radical (unpaired) electrons. The summed E-state index contributed by atoms with van der Waals surface area (Å²) in [5.41, 5.74) is 4.19. The van der Waals surface area contributed by atoms with Crippen LogP contribution < -0.4 is 15.4 Å². The Balaban J connectivity index is 1.57. The summed E-state index contributed by atoms with van der Waals surface area (Å²) >= 11 is 0. The number of alkyl halides is 2.